The fourth-order valence-electron chi connectivity index (χ4n) is 4.00. The summed E-state index contributed by atoms with van der Waals surface area (Å²) in [4.78, 5) is 29.6. The van der Waals surface area contributed by atoms with Gasteiger partial charge in [0, 0.05) is 12.1 Å². The first-order valence-corrected chi connectivity index (χ1v) is 11.2. The van der Waals surface area contributed by atoms with Crippen molar-refractivity contribution in [3.05, 3.63) is 59.2 Å². The quantitative estimate of drug-likeness (QED) is 0.330. The first kappa shape index (κ1) is 25.1. The number of likely N-dealkylation sites (tertiary alicyclic amines) is 1. The second-order valence-electron chi connectivity index (χ2n) is 8.77. The van der Waals surface area contributed by atoms with E-state index in [1.165, 1.54) is 18.1 Å². The molecule has 0 bridgehead atoms. The van der Waals surface area contributed by atoms with Crippen LogP contribution < -0.4 is 9.47 Å². The molecule has 0 aliphatic carbocycles. The monoisotopic (exact) mass is 468 g/mol. The Bertz CT molecular complexity index is 1080. The fourth-order valence-corrected chi connectivity index (χ4v) is 4.00. The van der Waals surface area contributed by atoms with Crippen LogP contribution in [0.1, 0.15) is 37.4 Å². The Labute approximate surface area is 200 Å². The Morgan fingerprint density at radius 3 is 2.38 bits per heavy atom. The molecular weight excluding hydrogens is 436 g/mol. The van der Waals surface area contributed by atoms with Crippen molar-refractivity contribution < 1.29 is 29.3 Å². The van der Waals surface area contributed by atoms with E-state index in [4.69, 9.17) is 9.47 Å². The van der Waals surface area contributed by atoms with Crippen LogP contribution in [0.15, 0.2) is 48.0 Å². The van der Waals surface area contributed by atoms with Gasteiger partial charge in [0.1, 0.15) is 11.5 Å². The highest BCUT2D eigenvalue weighted by Crippen LogP contribution is 2.41. The predicted molar refractivity (Wildman–Crippen MR) is 129 cm³/mol. The largest absolute Gasteiger partial charge is 0.507 e. The number of benzene rings is 2. The van der Waals surface area contributed by atoms with E-state index in [2.05, 4.69) is 0 Å². The second kappa shape index (κ2) is 10.6. The lowest BCUT2D eigenvalue weighted by Gasteiger charge is -2.26. The second-order valence-corrected chi connectivity index (χ2v) is 8.77. The number of methoxy groups -OCH3 is 1. The third-order valence-corrected chi connectivity index (χ3v) is 5.56. The molecule has 8 nitrogen and oxygen atoms in total. The van der Waals surface area contributed by atoms with Crippen LogP contribution in [-0.4, -0.2) is 72.1 Å². The lowest BCUT2D eigenvalue weighted by Crippen LogP contribution is -2.32. The van der Waals surface area contributed by atoms with Crippen LogP contribution in [0.3, 0.4) is 0 Å². The number of ketones is 1. The molecule has 1 aliphatic rings. The molecule has 0 spiro atoms. The van der Waals surface area contributed by atoms with Crippen LogP contribution in [0.25, 0.3) is 5.76 Å². The Balaban J connectivity index is 2.08. The van der Waals surface area contributed by atoms with E-state index >= 15 is 0 Å². The third-order valence-electron chi connectivity index (χ3n) is 5.56. The molecule has 1 unspecified atom stereocenters. The number of Topliss-reactive ketones (excluding diaryl/α,β-unsaturated/α-hetero) is 1. The van der Waals surface area contributed by atoms with Crippen LogP contribution in [0.5, 0.6) is 17.2 Å². The van der Waals surface area contributed by atoms with Crippen molar-refractivity contribution in [2.45, 2.75) is 32.4 Å². The number of aliphatic hydroxyl groups excluding tert-OH is 1. The molecular formula is C26H32N2O6. The molecule has 1 fully saturated rings. The minimum absolute atomic E-state index is 0.000115. The average Bonchev–Trinajstić information content (AvgIpc) is 3.04. The van der Waals surface area contributed by atoms with Gasteiger partial charge in [-0.05, 0) is 82.9 Å². The molecule has 1 amide bonds. The zero-order valence-corrected chi connectivity index (χ0v) is 20.2. The van der Waals surface area contributed by atoms with Crippen molar-refractivity contribution >= 4 is 17.4 Å². The van der Waals surface area contributed by atoms with Crippen LogP contribution in [-0.2, 0) is 9.59 Å². The van der Waals surface area contributed by atoms with E-state index in [0.717, 1.165) is 6.54 Å². The van der Waals surface area contributed by atoms with Crippen molar-refractivity contribution in [3.63, 3.8) is 0 Å². The molecule has 1 heterocycles. The Morgan fingerprint density at radius 2 is 1.79 bits per heavy atom. The first-order chi connectivity index (χ1) is 16.1. The van der Waals surface area contributed by atoms with Crippen LogP contribution in [0.4, 0.5) is 0 Å². The first-order valence-electron chi connectivity index (χ1n) is 11.2. The summed E-state index contributed by atoms with van der Waals surface area (Å²) in [5.74, 6) is -0.890. The van der Waals surface area contributed by atoms with Crippen LogP contribution in [0.2, 0.25) is 0 Å². The van der Waals surface area contributed by atoms with Gasteiger partial charge in [-0.3, -0.25) is 9.59 Å². The number of rotatable bonds is 9. The maximum Gasteiger partial charge on any atom is 0.295 e. The summed E-state index contributed by atoms with van der Waals surface area (Å²) in [6.45, 7) is 4.88. The molecule has 1 saturated heterocycles. The summed E-state index contributed by atoms with van der Waals surface area (Å²) in [6.07, 6.45) is 0.643. The Kier molecular flexibility index (Phi) is 7.83. The van der Waals surface area contributed by atoms with Gasteiger partial charge in [-0.1, -0.05) is 6.07 Å². The van der Waals surface area contributed by atoms with Crippen molar-refractivity contribution in [1.29, 1.82) is 0 Å². The number of nitrogens with zero attached hydrogens (tertiary/aromatic N) is 2. The molecule has 2 aromatic rings. The van der Waals surface area contributed by atoms with E-state index in [1.54, 1.807) is 36.4 Å². The average molecular weight is 469 g/mol. The molecule has 3 rings (SSSR count). The molecule has 0 radical (unpaired) electrons. The normalized spacial score (nSPS) is 17.6. The lowest BCUT2D eigenvalue weighted by atomic mass is 9.95. The number of hydrogen-bond acceptors (Lipinski definition) is 7. The standard InChI is InChI=1S/C26H32N2O6/c1-16(2)34-19-10-7-17(8-11-19)24(30)22-23(18-9-12-20(29)21(15-18)33-5)28(26(32)25(22)31)14-6-13-27(3)4/h7-12,15-16,23,29-30H,6,13-14H2,1-5H3/b24-22-. The van der Waals surface area contributed by atoms with Gasteiger partial charge in [-0.2, -0.15) is 0 Å². The maximum absolute atomic E-state index is 13.1. The molecule has 1 atom stereocenters. The zero-order chi connectivity index (χ0) is 25.0. The van der Waals surface area contributed by atoms with Crippen molar-refractivity contribution in [1.82, 2.24) is 9.80 Å². The summed E-state index contributed by atoms with van der Waals surface area (Å²) in [5.41, 5.74) is 0.957. The SMILES string of the molecule is COc1cc(C2/C(=C(/O)c3ccc(OC(C)C)cc3)C(=O)C(=O)N2CCCN(C)C)ccc1O. The van der Waals surface area contributed by atoms with Gasteiger partial charge in [0.25, 0.3) is 11.7 Å². The van der Waals surface area contributed by atoms with Gasteiger partial charge in [0.15, 0.2) is 11.5 Å². The lowest BCUT2D eigenvalue weighted by molar-refractivity contribution is -0.139. The molecule has 34 heavy (non-hydrogen) atoms. The number of aliphatic hydroxyl groups is 1. The van der Waals surface area contributed by atoms with Crippen molar-refractivity contribution in [2.24, 2.45) is 0 Å². The molecule has 2 aromatic carbocycles. The summed E-state index contributed by atoms with van der Waals surface area (Å²) in [6, 6.07) is 10.6. The minimum atomic E-state index is -0.816. The topological polar surface area (TPSA) is 99.5 Å². The summed E-state index contributed by atoms with van der Waals surface area (Å²) in [7, 11) is 5.29. The number of phenols is 1. The smallest absolute Gasteiger partial charge is 0.295 e. The van der Waals surface area contributed by atoms with Gasteiger partial charge in [-0.15, -0.1) is 0 Å². The number of carbonyl (C=O) groups is 2. The van der Waals surface area contributed by atoms with Gasteiger partial charge in [-0.25, -0.2) is 0 Å². The zero-order valence-electron chi connectivity index (χ0n) is 20.2. The van der Waals surface area contributed by atoms with Crippen LogP contribution in [0, 0.1) is 0 Å². The van der Waals surface area contributed by atoms with Crippen molar-refractivity contribution in [3.8, 4) is 17.2 Å². The number of phenolic OH excluding ortho intramolecular Hbond substituents is 1. The van der Waals surface area contributed by atoms with E-state index in [-0.39, 0.29) is 28.9 Å². The fraction of sp³-hybridized carbons (Fsp3) is 0.385. The van der Waals surface area contributed by atoms with E-state index < -0.39 is 17.7 Å². The van der Waals surface area contributed by atoms with Gasteiger partial charge >= 0.3 is 0 Å². The number of ether oxygens (including phenoxy) is 2. The van der Waals surface area contributed by atoms with Gasteiger partial charge in [0.2, 0.25) is 0 Å². The van der Waals surface area contributed by atoms with Gasteiger partial charge in [0.05, 0.1) is 24.8 Å². The Hall–Kier alpha value is -3.52. The van der Waals surface area contributed by atoms with E-state index in [0.29, 0.717) is 29.8 Å². The molecule has 0 aromatic heterocycles. The number of aromatic hydroxyl groups is 1. The summed E-state index contributed by atoms with van der Waals surface area (Å²) < 4.78 is 10.9. The van der Waals surface area contributed by atoms with Gasteiger partial charge < -0.3 is 29.5 Å². The number of amides is 1. The highest BCUT2D eigenvalue weighted by molar-refractivity contribution is 6.46. The minimum Gasteiger partial charge on any atom is -0.507 e. The summed E-state index contributed by atoms with van der Waals surface area (Å²) >= 11 is 0. The van der Waals surface area contributed by atoms with E-state index in [9.17, 15) is 19.8 Å². The molecule has 0 saturated carbocycles. The highest BCUT2D eigenvalue weighted by Gasteiger charge is 2.46. The Morgan fingerprint density at radius 1 is 1.12 bits per heavy atom. The van der Waals surface area contributed by atoms with Crippen molar-refractivity contribution in [2.75, 3.05) is 34.3 Å². The summed E-state index contributed by atoms with van der Waals surface area (Å²) in [5, 5.41) is 21.2. The molecule has 8 heteroatoms. The maximum atomic E-state index is 13.1. The van der Waals surface area contributed by atoms with Crippen LogP contribution >= 0.6 is 0 Å². The predicted octanol–water partition coefficient (Wildman–Crippen LogP) is 3.56. The highest BCUT2D eigenvalue weighted by atomic mass is 16.5. The number of hydrogen-bond donors (Lipinski definition) is 2. The molecule has 2 N–H and O–H groups in total. The third kappa shape index (κ3) is 5.34. The molecule has 1 aliphatic heterocycles. The number of carbonyl (C=O) groups excluding carboxylic acids is 2. The molecule has 182 valence electrons. The van der Waals surface area contributed by atoms with E-state index in [1.807, 2.05) is 32.8 Å².